The Balaban J connectivity index is 1.53. The highest BCUT2D eigenvalue weighted by molar-refractivity contribution is 7.22. The van der Waals surface area contributed by atoms with Gasteiger partial charge in [0.1, 0.15) is 16.8 Å². The number of methoxy groups -OCH3 is 1. The van der Waals surface area contributed by atoms with Crippen molar-refractivity contribution < 1.29 is 14.9 Å². The van der Waals surface area contributed by atoms with Crippen LogP contribution in [0.2, 0.25) is 5.02 Å². The number of nitrogens with zero attached hydrogens (tertiary/aromatic N) is 3. The summed E-state index contributed by atoms with van der Waals surface area (Å²) in [6.07, 6.45) is -0.0922. The zero-order valence-electron chi connectivity index (χ0n) is 17.1. The third-order valence-corrected chi connectivity index (χ3v) is 7.02. The number of β-amino-alcohol motifs (C(OH)–C–C–N with tert-alkyl or cyclic N) is 2. The number of rotatable bonds is 4. The molecule has 1 fully saturated rings. The molecule has 0 bridgehead atoms. The van der Waals surface area contributed by atoms with Gasteiger partial charge in [-0.25, -0.2) is 4.98 Å². The molecule has 3 heterocycles. The van der Waals surface area contributed by atoms with E-state index in [1.165, 1.54) is 22.2 Å². The third-order valence-electron chi connectivity index (χ3n) is 5.61. The Morgan fingerprint density at radius 1 is 1.09 bits per heavy atom. The molecular formula is C23H20ClN3O4S. The van der Waals surface area contributed by atoms with Crippen molar-refractivity contribution >= 4 is 38.8 Å². The van der Waals surface area contributed by atoms with Crippen LogP contribution < -0.4 is 15.2 Å². The molecule has 4 aromatic rings. The zero-order chi connectivity index (χ0) is 22.4. The SMILES string of the molecule is COc1cc(-n2cnc3cc(-c4ccc(Cl)cc4)sc3c2=O)ccc1N1C[C@@H](O)[C@H](O)C1. The first-order chi connectivity index (χ1) is 15.4. The molecule has 9 heteroatoms. The van der Waals surface area contributed by atoms with E-state index in [0.717, 1.165) is 16.1 Å². The molecule has 0 spiro atoms. The minimum Gasteiger partial charge on any atom is -0.495 e. The molecule has 1 aliphatic heterocycles. The van der Waals surface area contributed by atoms with E-state index in [1.54, 1.807) is 19.2 Å². The van der Waals surface area contributed by atoms with Gasteiger partial charge in [0, 0.05) is 29.1 Å². The highest BCUT2D eigenvalue weighted by Crippen LogP contribution is 2.34. The van der Waals surface area contributed by atoms with Gasteiger partial charge in [0.05, 0.1) is 36.2 Å². The number of ether oxygens (including phenoxy) is 1. The number of halogens is 1. The molecule has 0 amide bonds. The van der Waals surface area contributed by atoms with Crippen LogP contribution in [0.15, 0.2) is 59.7 Å². The molecule has 2 aromatic heterocycles. The zero-order valence-corrected chi connectivity index (χ0v) is 18.7. The maximum absolute atomic E-state index is 13.2. The first-order valence-corrected chi connectivity index (χ1v) is 11.2. The number of aromatic nitrogens is 2. The number of benzene rings is 2. The number of anilines is 1. The molecule has 0 unspecified atom stereocenters. The molecule has 7 nitrogen and oxygen atoms in total. The molecule has 164 valence electrons. The Morgan fingerprint density at radius 2 is 1.81 bits per heavy atom. The number of aliphatic hydroxyl groups excluding tert-OH is 2. The lowest BCUT2D eigenvalue weighted by Gasteiger charge is -2.21. The second-order valence-electron chi connectivity index (χ2n) is 7.65. The molecule has 2 aromatic carbocycles. The van der Waals surface area contributed by atoms with Crippen molar-refractivity contribution in [2.45, 2.75) is 12.2 Å². The Morgan fingerprint density at radius 3 is 2.50 bits per heavy atom. The highest BCUT2D eigenvalue weighted by atomic mass is 35.5. The van der Waals surface area contributed by atoms with E-state index in [2.05, 4.69) is 4.98 Å². The quantitative estimate of drug-likeness (QED) is 0.476. The highest BCUT2D eigenvalue weighted by Gasteiger charge is 2.31. The summed E-state index contributed by atoms with van der Waals surface area (Å²) in [4.78, 5) is 20.5. The maximum Gasteiger partial charge on any atom is 0.275 e. The maximum atomic E-state index is 13.2. The molecule has 2 atom stereocenters. The van der Waals surface area contributed by atoms with Gasteiger partial charge in [-0.15, -0.1) is 11.3 Å². The fraction of sp³-hybridized carbons (Fsp3) is 0.217. The van der Waals surface area contributed by atoms with Gasteiger partial charge in [0.25, 0.3) is 5.56 Å². The molecule has 1 aliphatic rings. The predicted molar refractivity (Wildman–Crippen MR) is 126 cm³/mol. The van der Waals surface area contributed by atoms with Gasteiger partial charge in [0.15, 0.2) is 0 Å². The summed E-state index contributed by atoms with van der Waals surface area (Å²) in [5, 5.41) is 20.4. The summed E-state index contributed by atoms with van der Waals surface area (Å²) in [7, 11) is 1.55. The number of aliphatic hydroxyl groups is 2. The van der Waals surface area contributed by atoms with Gasteiger partial charge in [-0.05, 0) is 35.9 Å². The van der Waals surface area contributed by atoms with Crippen LogP contribution in [0.5, 0.6) is 5.75 Å². The lowest BCUT2D eigenvalue weighted by atomic mass is 10.2. The van der Waals surface area contributed by atoms with Gasteiger partial charge >= 0.3 is 0 Å². The average Bonchev–Trinajstić information content (AvgIpc) is 3.38. The van der Waals surface area contributed by atoms with Crippen LogP contribution in [0, 0.1) is 0 Å². The molecule has 0 saturated carbocycles. The minimum absolute atomic E-state index is 0.165. The number of fused-ring (bicyclic) bond motifs is 1. The van der Waals surface area contributed by atoms with Crippen molar-refractivity contribution in [2.24, 2.45) is 0 Å². The van der Waals surface area contributed by atoms with E-state index in [4.69, 9.17) is 16.3 Å². The van der Waals surface area contributed by atoms with E-state index in [1.807, 2.05) is 41.3 Å². The van der Waals surface area contributed by atoms with Crippen LogP contribution in [0.3, 0.4) is 0 Å². The Kier molecular flexibility index (Phi) is 5.38. The Hall–Kier alpha value is -2.91. The van der Waals surface area contributed by atoms with Gasteiger partial charge in [-0.1, -0.05) is 23.7 Å². The lowest BCUT2D eigenvalue weighted by Crippen LogP contribution is -2.22. The lowest BCUT2D eigenvalue weighted by molar-refractivity contribution is 0.0572. The Bertz CT molecular complexity index is 1340. The van der Waals surface area contributed by atoms with Crippen molar-refractivity contribution in [3.05, 3.63) is 70.2 Å². The molecular weight excluding hydrogens is 450 g/mol. The van der Waals surface area contributed by atoms with Crippen LogP contribution in [-0.4, -0.2) is 52.2 Å². The molecule has 5 rings (SSSR count). The van der Waals surface area contributed by atoms with Crippen LogP contribution in [0.1, 0.15) is 0 Å². The van der Waals surface area contributed by atoms with Gasteiger partial charge in [-0.3, -0.25) is 9.36 Å². The van der Waals surface area contributed by atoms with Crippen molar-refractivity contribution in [3.63, 3.8) is 0 Å². The first kappa shape index (κ1) is 21.0. The van der Waals surface area contributed by atoms with Gasteiger partial charge in [-0.2, -0.15) is 0 Å². The number of hydrogen-bond donors (Lipinski definition) is 2. The summed E-state index contributed by atoms with van der Waals surface area (Å²) >= 11 is 7.37. The van der Waals surface area contributed by atoms with Crippen LogP contribution in [0.25, 0.3) is 26.3 Å². The van der Waals surface area contributed by atoms with Crippen molar-refractivity contribution in [1.82, 2.24) is 9.55 Å². The predicted octanol–water partition coefficient (Wildman–Crippen LogP) is 3.32. The van der Waals surface area contributed by atoms with Gasteiger partial charge < -0.3 is 19.8 Å². The minimum atomic E-state index is -0.803. The van der Waals surface area contributed by atoms with Crippen molar-refractivity contribution in [2.75, 3.05) is 25.1 Å². The smallest absolute Gasteiger partial charge is 0.275 e. The van der Waals surface area contributed by atoms with Gasteiger partial charge in [0.2, 0.25) is 0 Å². The molecule has 0 radical (unpaired) electrons. The van der Waals surface area contributed by atoms with E-state index < -0.39 is 12.2 Å². The van der Waals surface area contributed by atoms with E-state index in [0.29, 0.717) is 39.8 Å². The molecule has 0 aliphatic carbocycles. The largest absolute Gasteiger partial charge is 0.495 e. The second kappa shape index (κ2) is 8.22. The first-order valence-electron chi connectivity index (χ1n) is 10.0. The second-order valence-corrected chi connectivity index (χ2v) is 9.14. The molecule has 2 N–H and O–H groups in total. The van der Waals surface area contributed by atoms with E-state index >= 15 is 0 Å². The summed E-state index contributed by atoms with van der Waals surface area (Å²) in [5.74, 6) is 0.545. The monoisotopic (exact) mass is 469 g/mol. The standard InChI is InChI=1S/C23H20ClN3O4S/c1-31-20-8-15(6-7-17(20)26-10-18(28)19(29)11-26)27-12-25-16-9-21(32-22(16)23(27)30)13-2-4-14(24)5-3-13/h2-9,12,18-19,28-29H,10-11H2,1H3/t18-,19-/m1/s1. The summed E-state index contributed by atoms with van der Waals surface area (Å²) in [6.45, 7) is 0.625. The topological polar surface area (TPSA) is 87.8 Å². The Labute approximate surface area is 192 Å². The number of hydrogen-bond acceptors (Lipinski definition) is 7. The van der Waals surface area contributed by atoms with Crippen molar-refractivity contribution in [1.29, 1.82) is 0 Å². The summed E-state index contributed by atoms with van der Waals surface area (Å²) in [6, 6.07) is 14.8. The third kappa shape index (κ3) is 3.65. The fourth-order valence-corrected chi connectivity index (χ4v) is 5.07. The van der Waals surface area contributed by atoms with E-state index in [9.17, 15) is 15.0 Å². The number of thiophene rings is 1. The molecule has 1 saturated heterocycles. The van der Waals surface area contributed by atoms with E-state index in [-0.39, 0.29) is 5.56 Å². The summed E-state index contributed by atoms with van der Waals surface area (Å²) < 4.78 is 7.59. The molecule has 32 heavy (non-hydrogen) atoms. The normalized spacial score (nSPS) is 18.4. The van der Waals surface area contributed by atoms with Crippen molar-refractivity contribution in [3.8, 4) is 21.9 Å². The summed E-state index contributed by atoms with van der Waals surface area (Å²) in [5.41, 5.74) is 2.82. The fourth-order valence-electron chi connectivity index (χ4n) is 3.90. The van der Waals surface area contributed by atoms with Crippen LogP contribution in [-0.2, 0) is 0 Å². The average molecular weight is 470 g/mol. The van der Waals surface area contributed by atoms with Crippen LogP contribution >= 0.6 is 22.9 Å². The van der Waals surface area contributed by atoms with Crippen LogP contribution in [0.4, 0.5) is 5.69 Å².